The van der Waals surface area contributed by atoms with E-state index in [4.69, 9.17) is 9.47 Å². The molecule has 0 aromatic carbocycles. The Bertz CT molecular complexity index is 162. The van der Waals surface area contributed by atoms with E-state index in [1.54, 1.807) is 0 Å². The van der Waals surface area contributed by atoms with Crippen molar-refractivity contribution in [2.75, 3.05) is 13.2 Å². The van der Waals surface area contributed by atoms with Gasteiger partial charge >= 0.3 is 5.97 Å². The van der Waals surface area contributed by atoms with Gasteiger partial charge in [-0.15, -0.1) is 0 Å². The summed E-state index contributed by atoms with van der Waals surface area (Å²) in [6.07, 6.45) is 5.95. The van der Waals surface area contributed by atoms with Crippen molar-refractivity contribution in [2.24, 2.45) is 0 Å². The van der Waals surface area contributed by atoms with Gasteiger partial charge in [0.05, 0.1) is 13.2 Å². The highest BCUT2D eigenvalue weighted by Gasteiger charge is 2.19. The summed E-state index contributed by atoms with van der Waals surface area (Å²) in [5.41, 5.74) is 0. The molecule has 1 unspecified atom stereocenters. The Morgan fingerprint density at radius 3 is 2.93 bits per heavy atom. The second-order valence-electron chi connectivity index (χ2n) is 3.79. The Hall–Kier alpha value is -0.570. The minimum absolute atomic E-state index is 0.0219. The fourth-order valence-corrected chi connectivity index (χ4v) is 1.55. The van der Waals surface area contributed by atoms with Crippen LogP contribution in [0.2, 0.25) is 0 Å². The Morgan fingerprint density at radius 1 is 1.43 bits per heavy atom. The number of rotatable bonds is 6. The van der Waals surface area contributed by atoms with Crippen LogP contribution < -0.4 is 0 Å². The summed E-state index contributed by atoms with van der Waals surface area (Å²) in [5.74, 6) is -0.0587. The molecule has 1 atom stereocenters. The van der Waals surface area contributed by atoms with Gasteiger partial charge in [-0.25, -0.2) is 0 Å². The molecule has 1 rings (SSSR count). The van der Waals surface area contributed by atoms with Gasteiger partial charge in [0, 0.05) is 12.8 Å². The van der Waals surface area contributed by atoms with E-state index in [1.807, 2.05) is 0 Å². The maximum Gasteiger partial charge on any atom is 0.306 e. The van der Waals surface area contributed by atoms with Gasteiger partial charge in [-0.3, -0.25) is 4.79 Å². The van der Waals surface area contributed by atoms with Crippen LogP contribution in [0.4, 0.5) is 0 Å². The Kier molecular flexibility index (Phi) is 5.60. The second-order valence-corrected chi connectivity index (χ2v) is 3.79. The van der Waals surface area contributed by atoms with Crippen molar-refractivity contribution < 1.29 is 14.3 Å². The number of hydrogen-bond acceptors (Lipinski definition) is 3. The van der Waals surface area contributed by atoms with Gasteiger partial charge in [-0.2, -0.15) is 0 Å². The average Bonchev–Trinajstić information content (AvgIpc) is 2.65. The minimum atomic E-state index is -0.0587. The van der Waals surface area contributed by atoms with Gasteiger partial charge < -0.3 is 9.47 Å². The molecule has 0 bridgehead atoms. The highest BCUT2D eigenvalue weighted by Crippen LogP contribution is 2.10. The monoisotopic (exact) mass is 200 g/mol. The smallest absolute Gasteiger partial charge is 0.306 e. The lowest BCUT2D eigenvalue weighted by Crippen LogP contribution is -2.17. The predicted octanol–water partition coefficient (Wildman–Crippen LogP) is 2.29. The number of esters is 1. The largest absolute Gasteiger partial charge is 0.460 e. The van der Waals surface area contributed by atoms with Gasteiger partial charge in [-0.1, -0.05) is 26.2 Å². The van der Waals surface area contributed by atoms with Gasteiger partial charge in [-0.05, 0) is 6.42 Å². The lowest BCUT2D eigenvalue weighted by molar-refractivity contribution is -0.149. The van der Waals surface area contributed by atoms with E-state index < -0.39 is 0 Å². The van der Waals surface area contributed by atoms with Crippen molar-refractivity contribution in [3.63, 3.8) is 0 Å². The molecule has 1 fully saturated rings. The lowest BCUT2D eigenvalue weighted by Gasteiger charge is -2.09. The molecule has 0 amide bonds. The third-order valence-corrected chi connectivity index (χ3v) is 2.42. The first kappa shape index (κ1) is 11.5. The molecule has 0 aromatic rings. The van der Waals surface area contributed by atoms with Crippen LogP contribution in [-0.4, -0.2) is 25.3 Å². The molecule has 1 aliphatic heterocycles. The lowest BCUT2D eigenvalue weighted by atomic mass is 10.1. The molecule has 0 N–H and O–H groups in total. The molecule has 0 spiro atoms. The molecule has 82 valence electrons. The van der Waals surface area contributed by atoms with Crippen molar-refractivity contribution in [2.45, 2.75) is 51.6 Å². The summed E-state index contributed by atoms with van der Waals surface area (Å²) in [5, 5.41) is 0. The molecule has 3 nitrogen and oxygen atoms in total. The fourth-order valence-electron chi connectivity index (χ4n) is 1.55. The van der Waals surface area contributed by atoms with Gasteiger partial charge in [0.15, 0.2) is 0 Å². The molecule has 14 heavy (non-hydrogen) atoms. The molecule has 1 aliphatic rings. The molecule has 3 heteroatoms. The number of carbonyl (C=O) groups excluding carboxylic acids is 1. The predicted molar refractivity (Wildman–Crippen MR) is 54.1 cm³/mol. The molecular weight excluding hydrogens is 180 g/mol. The molecule has 1 heterocycles. The van der Waals surface area contributed by atoms with Crippen molar-refractivity contribution in [3.05, 3.63) is 0 Å². The zero-order chi connectivity index (χ0) is 10.2. The van der Waals surface area contributed by atoms with Gasteiger partial charge in [0.1, 0.15) is 6.10 Å². The zero-order valence-electron chi connectivity index (χ0n) is 8.96. The minimum Gasteiger partial charge on any atom is -0.460 e. The first-order valence-electron chi connectivity index (χ1n) is 5.60. The number of hydrogen-bond donors (Lipinski definition) is 0. The fraction of sp³-hybridized carbons (Fsp3) is 0.909. The topological polar surface area (TPSA) is 35.5 Å². The molecule has 0 radical (unpaired) electrons. The summed E-state index contributed by atoms with van der Waals surface area (Å²) >= 11 is 0. The van der Waals surface area contributed by atoms with Crippen molar-refractivity contribution in [1.82, 2.24) is 0 Å². The number of carbonyl (C=O) groups is 1. The van der Waals surface area contributed by atoms with Crippen LogP contribution in [-0.2, 0) is 14.3 Å². The normalized spacial score (nSPS) is 21.1. The maximum absolute atomic E-state index is 11.3. The SMILES string of the molecule is CCCCCCC(=O)OC1CCOC1. The molecule has 1 saturated heterocycles. The first-order valence-corrected chi connectivity index (χ1v) is 5.60. The Morgan fingerprint density at radius 2 is 2.29 bits per heavy atom. The standard InChI is InChI=1S/C11H20O3/c1-2-3-4-5-6-11(12)14-10-7-8-13-9-10/h10H,2-9H2,1H3. The van der Waals surface area contributed by atoms with E-state index in [0.29, 0.717) is 13.0 Å². The van der Waals surface area contributed by atoms with E-state index >= 15 is 0 Å². The average molecular weight is 200 g/mol. The van der Waals surface area contributed by atoms with Crippen LogP contribution in [0.15, 0.2) is 0 Å². The summed E-state index contributed by atoms with van der Waals surface area (Å²) < 4.78 is 10.4. The number of ether oxygens (including phenoxy) is 2. The van der Waals surface area contributed by atoms with Crippen molar-refractivity contribution in [3.8, 4) is 0 Å². The molecule has 0 saturated carbocycles. The third kappa shape index (κ3) is 4.61. The van der Waals surface area contributed by atoms with Gasteiger partial charge in [0.25, 0.3) is 0 Å². The van der Waals surface area contributed by atoms with E-state index in [0.717, 1.165) is 25.9 Å². The molecule has 0 aromatic heterocycles. The molecular formula is C11H20O3. The van der Waals surface area contributed by atoms with Gasteiger partial charge in [0.2, 0.25) is 0 Å². The zero-order valence-corrected chi connectivity index (χ0v) is 8.96. The quantitative estimate of drug-likeness (QED) is 0.487. The number of unbranched alkanes of at least 4 members (excludes halogenated alkanes) is 3. The van der Waals surface area contributed by atoms with Crippen LogP contribution in [0.25, 0.3) is 0 Å². The highest BCUT2D eigenvalue weighted by atomic mass is 16.6. The third-order valence-electron chi connectivity index (χ3n) is 2.42. The second kappa shape index (κ2) is 6.82. The van der Waals surface area contributed by atoms with E-state index in [-0.39, 0.29) is 12.1 Å². The molecule has 0 aliphatic carbocycles. The summed E-state index contributed by atoms with van der Waals surface area (Å²) in [6, 6.07) is 0. The van der Waals surface area contributed by atoms with Crippen LogP contribution in [0, 0.1) is 0 Å². The first-order chi connectivity index (χ1) is 6.83. The van der Waals surface area contributed by atoms with Crippen LogP contribution in [0.5, 0.6) is 0 Å². The Balaban J connectivity index is 1.98. The summed E-state index contributed by atoms with van der Waals surface area (Å²) in [7, 11) is 0. The van der Waals surface area contributed by atoms with Crippen molar-refractivity contribution in [1.29, 1.82) is 0 Å². The summed E-state index contributed by atoms with van der Waals surface area (Å²) in [4.78, 5) is 11.3. The summed E-state index contributed by atoms with van der Waals surface area (Å²) in [6.45, 7) is 3.47. The Labute approximate surface area is 85.8 Å². The van der Waals surface area contributed by atoms with E-state index in [1.165, 1.54) is 12.8 Å². The van der Waals surface area contributed by atoms with E-state index in [9.17, 15) is 4.79 Å². The van der Waals surface area contributed by atoms with E-state index in [2.05, 4.69) is 6.92 Å². The van der Waals surface area contributed by atoms with Crippen LogP contribution in [0.1, 0.15) is 45.4 Å². The van der Waals surface area contributed by atoms with Crippen LogP contribution in [0.3, 0.4) is 0 Å². The highest BCUT2D eigenvalue weighted by molar-refractivity contribution is 5.69. The van der Waals surface area contributed by atoms with Crippen molar-refractivity contribution >= 4 is 5.97 Å². The maximum atomic E-state index is 11.3. The van der Waals surface area contributed by atoms with Crippen LogP contribution >= 0.6 is 0 Å².